The number of rotatable bonds is 7. The van der Waals surface area contributed by atoms with Crippen LogP contribution in [0, 0.1) is 0 Å². The molecule has 0 aliphatic carbocycles. The molecule has 4 rings (SSSR count). The lowest BCUT2D eigenvalue weighted by molar-refractivity contribution is -0.135. The van der Waals surface area contributed by atoms with Crippen molar-refractivity contribution >= 4 is 11.9 Å². The van der Waals surface area contributed by atoms with Gasteiger partial charge in [0.25, 0.3) is 5.56 Å². The number of ether oxygens (including phenoxy) is 4. The second-order valence-corrected chi connectivity index (χ2v) is 7.41. The summed E-state index contributed by atoms with van der Waals surface area (Å²) in [5.74, 6) is -0.948. The van der Waals surface area contributed by atoms with E-state index in [0.717, 1.165) is 5.56 Å². The molecular formula is C25H23NO7. The molecule has 3 aromatic rings. The summed E-state index contributed by atoms with van der Waals surface area (Å²) in [6, 6.07) is 14.9. The molecule has 2 aromatic carbocycles. The van der Waals surface area contributed by atoms with Crippen LogP contribution in [0.4, 0.5) is 0 Å². The molecule has 8 heteroatoms. The van der Waals surface area contributed by atoms with Crippen LogP contribution in [0.1, 0.15) is 46.3 Å². The van der Waals surface area contributed by atoms with Gasteiger partial charge in [-0.05, 0) is 30.2 Å². The molecule has 8 nitrogen and oxygen atoms in total. The van der Waals surface area contributed by atoms with Crippen LogP contribution < -0.4 is 19.8 Å². The van der Waals surface area contributed by atoms with Gasteiger partial charge in [0, 0.05) is 12.1 Å². The molecule has 1 N–H and O–H groups in total. The van der Waals surface area contributed by atoms with Gasteiger partial charge < -0.3 is 23.9 Å². The highest BCUT2D eigenvalue weighted by Crippen LogP contribution is 2.41. The van der Waals surface area contributed by atoms with Crippen LogP contribution in [0.15, 0.2) is 59.5 Å². The molecule has 0 unspecified atom stereocenters. The van der Waals surface area contributed by atoms with Gasteiger partial charge >= 0.3 is 11.9 Å². The predicted molar refractivity (Wildman–Crippen MR) is 119 cm³/mol. The van der Waals surface area contributed by atoms with Crippen molar-refractivity contribution in [1.29, 1.82) is 0 Å². The Labute approximate surface area is 190 Å². The molecule has 1 aliphatic rings. The Balaban J connectivity index is 1.74. The van der Waals surface area contributed by atoms with Gasteiger partial charge in [-0.15, -0.1) is 0 Å². The Hall–Kier alpha value is -4.07. The van der Waals surface area contributed by atoms with E-state index in [2.05, 4.69) is 4.98 Å². The number of hydrogen-bond acceptors (Lipinski definition) is 7. The monoisotopic (exact) mass is 449 g/mol. The lowest BCUT2D eigenvalue weighted by atomic mass is 9.86. The third-order valence-corrected chi connectivity index (χ3v) is 5.34. The second kappa shape index (κ2) is 9.60. The summed E-state index contributed by atoms with van der Waals surface area (Å²) < 4.78 is 21.8. The Kier molecular flexibility index (Phi) is 6.44. The number of pyridine rings is 1. The number of hydrogen-bond donors (Lipinski definition) is 1. The van der Waals surface area contributed by atoms with E-state index in [1.165, 1.54) is 13.3 Å². The Morgan fingerprint density at radius 1 is 1.12 bits per heavy atom. The van der Waals surface area contributed by atoms with Crippen molar-refractivity contribution in [3.05, 3.63) is 87.3 Å². The van der Waals surface area contributed by atoms with Crippen LogP contribution in [0.25, 0.3) is 0 Å². The summed E-state index contributed by atoms with van der Waals surface area (Å²) in [7, 11) is 1.54. The second-order valence-electron chi connectivity index (χ2n) is 7.41. The van der Waals surface area contributed by atoms with E-state index >= 15 is 0 Å². The zero-order valence-corrected chi connectivity index (χ0v) is 18.3. The number of aromatic amines is 1. The molecule has 0 spiro atoms. The molecule has 2 heterocycles. The number of benzene rings is 2. The van der Waals surface area contributed by atoms with Crippen molar-refractivity contribution in [1.82, 2.24) is 4.98 Å². The number of esters is 2. The summed E-state index contributed by atoms with van der Waals surface area (Å²) in [5, 5.41) is 0. The first-order valence-corrected chi connectivity index (χ1v) is 10.5. The van der Waals surface area contributed by atoms with Crippen molar-refractivity contribution in [3.63, 3.8) is 0 Å². The van der Waals surface area contributed by atoms with Gasteiger partial charge in [-0.1, -0.05) is 36.4 Å². The molecular weight excluding hydrogens is 426 g/mol. The summed E-state index contributed by atoms with van der Waals surface area (Å²) in [6.07, 6.45) is 1.14. The van der Waals surface area contributed by atoms with Crippen LogP contribution in [0.5, 0.6) is 17.2 Å². The van der Waals surface area contributed by atoms with E-state index < -0.39 is 23.4 Å². The number of aromatic nitrogens is 1. The van der Waals surface area contributed by atoms with Crippen LogP contribution >= 0.6 is 0 Å². The van der Waals surface area contributed by atoms with Crippen molar-refractivity contribution in [2.45, 2.75) is 25.9 Å². The highest BCUT2D eigenvalue weighted by Gasteiger charge is 2.35. The molecule has 0 saturated carbocycles. The Morgan fingerprint density at radius 3 is 2.64 bits per heavy atom. The minimum absolute atomic E-state index is 0.00133. The lowest BCUT2D eigenvalue weighted by Crippen LogP contribution is -2.30. The van der Waals surface area contributed by atoms with Gasteiger partial charge in [0.1, 0.15) is 12.2 Å². The van der Waals surface area contributed by atoms with Crippen LogP contribution in [0.3, 0.4) is 0 Å². The number of H-pyrrole nitrogens is 1. The zero-order chi connectivity index (χ0) is 23.4. The topological polar surface area (TPSA) is 104 Å². The normalized spacial score (nSPS) is 14.7. The predicted octanol–water partition coefficient (Wildman–Crippen LogP) is 3.58. The van der Waals surface area contributed by atoms with E-state index in [1.807, 2.05) is 30.3 Å². The molecule has 1 aliphatic heterocycles. The van der Waals surface area contributed by atoms with Crippen molar-refractivity contribution in [2.24, 2.45) is 0 Å². The fourth-order valence-corrected chi connectivity index (χ4v) is 3.78. The average Bonchev–Trinajstić information content (AvgIpc) is 2.83. The third-order valence-electron chi connectivity index (χ3n) is 5.34. The summed E-state index contributed by atoms with van der Waals surface area (Å²) in [4.78, 5) is 40.1. The van der Waals surface area contributed by atoms with E-state index in [1.54, 1.807) is 25.1 Å². The lowest BCUT2D eigenvalue weighted by Gasteiger charge is -2.25. The largest absolute Gasteiger partial charge is 0.493 e. The van der Waals surface area contributed by atoms with Gasteiger partial charge in [0.2, 0.25) is 0 Å². The molecule has 0 amide bonds. The highest BCUT2D eigenvalue weighted by molar-refractivity contribution is 5.94. The van der Waals surface area contributed by atoms with Crippen LogP contribution in [-0.4, -0.2) is 30.6 Å². The van der Waals surface area contributed by atoms with Gasteiger partial charge in [-0.3, -0.25) is 9.59 Å². The first-order valence-electron chi connectivity index (χ1n) is 10.5. The van der Waals surface area contributed by atoms with Crippen molar-refractivity contribution in [3.8, 4) is 17.2 Å². The maximum Gasteiger partial charge on any atom is 0.343 e. The van der Waals surface area contributed by atoms with Gasteiger partial charge in [-0.2, -0.15) is 0 Å². The fourth-order valence-electron chi connectivity index (χ4n) is 3.78. The summed E-state index contributed by atoms with van der Waals surface area (Å²) in [6.45, 7) is 2.13. The van der Waals surface area contributed by atoms with E-state index in [4.69, 9.17) is 18.9 Å². The maximum atomic E-state index is 12.8. The quantitative estimate of drug-likeness (QED) is 0.550. The zero-order valence-electron chi connectivity index (χ0n) is 18.3. The number of methoxy groups -OCH3 is 1. The van der Waals surface area contributed by atoms with Crippen LogP contribution in [0.2, 0.25) is 0 Å². The van der Waals surface area contributed by atoms with Crippen molar-refractivity contribution < 1.29 is 28.5 Å². The molecule has 170 valence electrons. The smallest absolute Gasteiger partial charge is 0.343 e. The SMILES string of the molecule is CCOC(=O)c1c[nH]c(=O)c2c1OC(=O)C[C@@H]2c1ccc(OC)c(OCc2ccccc2)c1. The molecule has 33 heavy (non-hydrogen) atoms. The minimum Gasteiger partial charge on any atom is -0.493 e. The third kappa shape index (κ3) is 4.59. The summed E-state index contributed by atoms with van der Waals surface area (Å²) >= 11 is 0. The molecule has 1 atom stereocenters. The Bertz CT molecular complexity index is 1230. The number of nitrogens with one attached hydrogen (secondary N) is 1. The van der Waals surface area contributed by atoms with E-state index in [9.17, 15) is 14.4 Å². The van der Waals surface area contributed by atoms with Gasteiger partial charge in [0.15, 0.2) is 17.2 Å². The molecule has 1 aromatic heterocycles. The molecule has 0 bridgehead atoms. The van der Waals surface area contributed by atoms with E-state index in [0.29, 0.717) is 23.7 Å². The summed E-state index contributed by atoms with van der Waals surface area (Å²) in [5.41, 5.74) is 1.38. The molecule has 0 radical (unpaired) electrons. The first kappa shape index (κ1) is 22.1. The number of carbonyl (C=O) groups is 2. The fraction of sp³-hybridized carbons (Fsp3) is 0.240. The standard InChI is InChI=1S/C25H23NO7/c1-3-31-25(29)18-13-26-24(28)22-17(12-21(27)33-23(18)22)16-9-10-19(30-2)20(11-16)32-14-15-7-5-4-6-8-15/h4-11,13,17H,3,12,14H2,1-2H3,(H,26,28)/t17-/m1/s1. The van der Waals surface area contributed by atoms with Crippen molar-refractivity contribution in [2.75, 3.05) is 13.7 Å². The number of carbonyl (C=O) groups excluding carboxylic acids is 2. The van der Waals surface area contributed by atoms with Crippen LogP contribution in [-0.2, 0) is 16.1 Å². The molecule has 0 fully saturated rings. The average molecular weight is 449 g/mol. The minimum atomic E-state index is -0.680. The molecule has 0 saturated heterocycles. The van der Waals surface area contributed by atoms with Gasteiger partial charge in [0.05, 0.1) is 25.7 Å². The van der Waals surface area contributed by atoms with E-state index in [-0.39, 0.29) is 29.9 Å². The number of fused-ring (bicyclic) bond motifs is 1. The highest BCUT2D eigenvalue weighted by atomic mass is 16.5. The van der Waals surface area contributed by atoms with Gasteiger partial charge in [-0.25, -0.2) is 4.79 Å². The maximum absolute atomic E-state index is 12.8. The Morgan fingerprint density at radius 2 is 1.91 bits per heavy atom. The first-order chi connectivity index (χ1) is 16.0.